The summed E-state index contributed by atoms with van der Waals surface area (Å²) in [5.41, 5.74) is 0.832. The van der Waals surface area contributed by atoms with Crippen molar-refractivity contribution < 1.29 is 25.2 Å². The van der Waals surface area contributed by atoms with Gasteiger partial charge in [0.25, 0.3) is 0 Å². The third kappa shape index (κ3) is 5.40. The maximum absolute atomic E-state index is 6.50. The van der Waals surface area contributed by atoms with Gasteiger partial charge in [-0.15, -0.1) is 0 Å². The second kappa shape index (κ2) is 10.4. The monoisotopic (exact) mass is 537 g/mol. The maximum Gasteiger partial charge on any atom is 0.221 e. The van der Waals surface area contributed by atoms with E-state index in [1.165, 1.54) is 15.9 Å². The summed E-state index contributed by atoms with van der Waals surface area (Å²) in [5, 5.41) is 4.06. The van der Waals surface area contributed by atoms with Crippen LogP contribution in [0.3, 0.4) is 0 Å². The van der Waals surface area contributed by atoms with Gasteiger partial charge in [-0.05, 0) is 55.7 Å². The van der Waals surface area contributed by atoms with Crippen molar-refractivity contribution in [1.29, 1.82) is 0 Å². The van der Waals surface area contributed by atoms with Crippen LogP contribution < -0.4 is 15.9 Å². The van der Waals surface area contributed by atoms with E-state index in [1.54, 1.807) is 0 Å². The number of ether oxygens (including phenoxy) is 1. The van der Waals surface area contributed by atoms with Crippen molar-refractivity contribution in [3.63, 3.8) is 0 Å². The first kappa shape index (κ1) is 26.5. The molecule has 0 spiro atoms. The maximum atomic E-state index is 6.50. The van der Waals surface area contributed by atoms with Crippen LogP contribution in [0.4, 0.5) is 0 Å². The van der Waals surface area contributed by atoms with Crippen LogP contribution in [0.25, 0.3) is 0 Å². The third-order valence-corrected chi connectivity index (χ3v) is 8.43. The molecule has 2 nitrogen and oxygen atoms in total. The van der Waals surface area contributed by atoms with Crippen molar-refractivity contribution in [3.05, 3.63) is 97.9 Å². The quantitative estimate of drug-likeness (QED) is 0.241. The Morgan fingerprint density at radius 3 is 1.72 bits per heavy atom. The minimum absolute atomic E-state index is 0. The van der Waals surface area contributed by atoms with Crippen LogP contribution in [-0.4, -0.2) is 17.5 Å². The Hall–Kier alpha value is -1.78. The van der Waals surface area contributed by atoms with Crippen molar-refractivity contribution in [3.8, 4) is 0 Å². The summed E-state index contributed by atoms with van der Waals surface area (Å²) in [4.78, 5) is 5.12. The van der Waals surface area contributed by atoms with E-state index in [2.05, 4.69) is 120 Å². The standard InChI is InChI=1S/C27H30NOP.CH3.Pd/c1-26(2,3)25-27(4,5)29-24(28-25)22-18-12-13-19-23(22)30(20-14-8-6-9-15-20)21-16-10-7-11-17-21;;/h6-19,25H,1-5H3;1H3;/q;-1;/p+1/t25-;;/m1../s1. The van der Waals surface area contributed by atoms with Crippen LogP contribution in [0.2, 0.25) is 0 Å². The topological polar surface area (TPSA) is 21.6 Å². The van der Waals surface area contributed by atoms with Gasteiger partial charge in [-0.25, -0.2) is 4.99 Å². The Morgan fingerprint density at radius 2 is 1.25 bits per heavy atom. The van der Waals surface area contributed by atoms with Gasteiger partial charge >= 0.3 is 0 Å². The molecule has 0 saturated heterocycles. The van der Waals surface area contributed by atoms with Crippen molar-refractivity contribution in [2.24, 2.45) is 10.4 Å². The van der Waals surface area contributed by atoms with Gasteiger partial charge in [-0.3, -0.25) is 0 Å². The molecule has 1 aliphatic rings. The molecular weight excluding hydrogens is 504 g/mol. The van der Waals surface area contributed by atoms with Crippen LogP contribution in [0, 0.1) is 12.8 Å². The zero-order valence-electron chi connectivity index (χ0n) is 19.8. The molecule has 3 aromatic rings. The summed E-state index contributed by atoms with van der Waals surface area (Å²) >= 11 is 0. The van der Waals surface area contributed by atoms with Gasteiger partial charge in [0, 0.05) is 20.4 Å². The van der Waals surface area contributed by atoms with E-state index in [0.29, 0.717) is 0 Å². The molecule has 1 atom stereocenters. The van der Waals surface area contributed by atoms with Gasteiger partial charge < -0.3 is 12.2 Å². The van der Waals surface area contributed by atoms with E-state index in [-0.39, 0.29) is 44.9 Å². The Kier molecular flexibility index (Phi) is 8.64. The first-order valence-electron chi connectivity index (χ1n) is 10.6. The van der Waals surface area contributed by atoms with Gasteiger partial charge in [0.05, 0.1) is 19.5 Å². The Bertz CT molecular complexity index is 1000. The van der Waals surface area contributed by atoms with Crippen LogP contribution in [0.5, 0.6) is 0 Å². The molecule has 32 heavy (non-hydrogen) atoms. The van der Waals surface area contributed by atoms with Crippen LogP contribution >= 0.6 is 7.92 Å². The van der Waals surface area contributed by atoms with Crippen molar-refractivity contribution >= 4 is 29.7 Å². The number of rotatable bonds is 4. The minimum Gasteiger partial charge on any atom is -0.469 e. The molecule has 0 unspecified atom stereocenters. The van der Waals surface area contributed by atoms with Gasteiger partial charge in [-0.2, -0.15) is 0 Å². The van der Waals surface area contributed by atoms with Crippen molar-refractivity contribution in [1.82, 2.24) is 0 Å². The summed E-state index contributed by atoms with van der Waals surface area (Å²) in [5.74, 6) is 0.782. The van der Waals surface area contributed by atoms with E-state index in [0.717, 1.165) is 11.5 Å². The van der Waals surface area contributed by atoms with E-state index in [4.69, 9.17) is 9.73 Å². The molecule has 0 radical (unpaired) electrons. The van der Waals surface area contributed by atoms with E-state index in [9.17, 15) is 0 Å². The second-order valence-electron chi connectivity index (χ2n) is 9.56. The third-order valence-electron chi connectivity index (χ3n) is 5.64. The van der Waals surface area contributed by atoms with E-state index >= 15 is 0 Å². The molecule has 0 N–H and O–H groups in total. The Balaban J connectivity index is 0.00000181. The van der Waals surface area contributed by atoms with Gasteiger partial charge in [0.2, 0.25) is 5.90 Å². The largest absolute Gasteiger partial charge is 0.469 e. The number of aliphatic imine (C=N–C) groups is 1. The average Bonchev–Trinajstić information content (AvgIpc) is 3.06. The predicted octanol–water partition coefficient (Wildman–Crippen LogP) is 5.59. The molecule has 0 amide bonds. The van der Waals surface area contributed by atoms with Crippen molar-refractivity contribution in [2.75, 3.05) is 0 Å². The predicted molar refractivity (Wildman–Crippen MR) is 138 cm³/mol. The Labute approximate surface area is 208 Å². The molecule has 1 aliphatic heterocycles. The fourth-order valence-corrected chi connectivity index (χ4v) is 7.27. The van der Waals surface area contributed by atoms with Gasteiger partial charge in [0.1, 0.15) is 21.5 Å². The number of hydrogen-bond acceptors (Lipinski definition) is 2. The summed E-state index contributed by atoms with van der Waals surface area (Å²) in [7, 11) is -1.19. The summed E-state index contributed by atoms with van der Waals surface area (Å²) in [6.07, 6.45) is 0. The number of nitrogens with zero attached hydrogens (tertiary/aromatic N) is 1. The summed E-state index contributed by atoms with van der Waals surface area (Å²) < 4.78 is 6.50. The Morgan fingerprint density at radius 1 is 0.781 bits per heavy atom. The molecule has 0 aliphatic carbocycles. The molecule has 0 saturated carbocycles. The zero-order valence-corrected chi connectivity index (χ0v) is 22.4. The molecule has 1 heterocycles. The first-order valence-corrected chi connectivity index (χ1v) is 12.1. The molecule has 4 heteroatoms. The average molecular weight is 538 g/mol. The number of hydrogen-bond donors (Lipinski definition) is 0. The fraction of sp³-hybridized carbons (Fsp3) is 0.286. The van der Waals surface area contributed by atoms with E-state index < -0.39 is 7.92 Å². The summed E-state index contributed by atoms with van der Waals surface area (Å²) in [6, 6.07) is 30.5. The van der Waals surface area contributed by atoms with Crippen molar-refractivity contribution in [2.45, 2.75) is 46.3 Å². The van der Waals surface area contributed by atoms with E-state index in [1.807, 2.05) is 0 Å². The molecule has 0 fully saturated rings. The van der Waals surface area contributed by atoms with Gasteiger partial charge in [0.15, 0.2) is 0 Å². The second-order valence-corrected chi connectivity index (χ2v) is 12.0. The first-order chi connectivity index (χ1) is 14.3. The van der Waals surface area contributed by atoms with Crippen LogP contribution in [0.1, 0.15) is 40.2 Å². The fourth-order valence-electron chi connectivity index (χ4n) is 4.54. The smallest absolute Gasteiger partial charge is 0.221 e. The summed E-state index contributed by atoms with van der Waals surface area (Å²) in [6.45, 7) is 11.0. The van der Waals surface area contributed by atoms with Gasteiger partial charge in [-0.1, -0.05) is 69.3 Å². The number of benzene rings is 3. The molecule has 4 rings (SSSR count). The van der Waals surface area contributed by atoms with Crippen LogP contribution in [0.15, 0.2) is 89.9 Å². The zero-order chi connectivity index (χ0) is 21.4. The normalized spacial score (nSPS) is 17.1. The molecule has 0 aromatic heterocycles. The minimum atomic E-state index is -1.19. The SMILES string of the molecule is CC(C)(C)[C@H]1N=C(c2ccccc2[PH+](c2ccccc2)c2ccccc2)OC1(C)C.[CH3-].[Pd]. The molecule has 0 bridgehead atoms. The molecule has 172 valence electrons. The van der Waals surface area contributed by atoms with Crippen LogP contribution in [-0.2, 0) is 25.2 Å². The molecular formula is C28H34NOPPd. The molecule has 3 aromatic carbocycles.